The van der Waals surface area contributed by atoms with Crippen molar-refractivity contribution < 1.29 is 4.42 Å². The molecule has 71 heavy (non-hydrogen) atoms. The minimum Gasteiger partial charge on any atom is -0.454 e. The molecule has 3 nitrogen and oxygen atoms in total. The van der Waals surface area contributed by atoms with Gasteiger partial charge in [-0.3, -0.25) is 0 Å². The second-order valence-corrected chi connectivity index (χ2v) is 18.3. The third-order valence-corrected chi connectivity index (χ3v) is 14.4. The molecule has 0 radical (unpaired) electrons. The van der Waals surface area contributed by atoms with Gasteiger partial charge < -0.3 is 14.2 Å². The Morgan fingerprint density at radius 2 is 0.761 bits per heavy atom. The van der Waals surface area contributed by atoms with E-state index in [9.17, 15) is 0 Å². The molecular formula is C68H44N2O. The van der Waals surface area contributed by atoms with Crippen molar-refractivity contribution in [2.24, 2.45) is 0 Å². The molecule has 14 aromatic rings. The van der Waals surface area contributed by atoms with Gasteiger partial charge in [0.2, 0.25) is 0 Å². The Morgan fingerprint density at radius 1 is 0.282 bits per heavy atom. The molecule has 13 aromatic carbocycles. The van der Waals surface area contributed by atoms with E-state index in [0.717, 1.165) is 77.8 Å². The van der Waals surface area contributed by atoms with Crippen molar-refractivity contribution in [3.05, 3.63) is 267 Å². The Morgan fingerprint density at radius 3 is 1.39 bits per heavy atom. The van der Waals surface area contributed by atoms with Gasteiger partial charge in [0.05, 0.1) is 17.1 Å². The topological polar surface area (TPSA) is 19.6 Å². The molecule has 0 aliphatic heterocycles. The minimum atomic E-state index is 0.851. The molecule has 332 valence electrons. The van der Waals surface area contributed by atoms with Crippen LogP contribution in [0.5, 0.6) is 0 Å². The van der Waals surface area contributed by atoms with E-state index in [0.29, 0.717) is 0 Å². The molecule has 0 fully saturated rings. The van der Waals surface area contributed by atoms with Crippen LogP contribution in [0.1, 0.15) is 0 Å². The van der Waals surface area contributed by atoms with Crippen LogP contribution in [0.25, 0.3) is 98.1 Å². The number of nitrogens with zero attached hydrogens (tertiary/aromatic N) is 2. The van der Waals surface area contributed by atoms with Gasteiger partial charge in [-0.1, -0.05) is 212 Å². The summed E-state index contributed by atoms with van der Waals surface area (Å²) in [6.45, 7) is 0. The molecule has 0 saturated heterocycles. The van der Waals surface area contributed by atoms with Gasteiger partial charge in [-0.05, 0) is 115 Å². The van der Waals surface area contributed by atoms with Gasteiger partial charge in [0, 0.05) is 44.0 Å². The molecule has 1 aromatic heterocycles. The predicted octanol–water partition coefficient (Wildman–Crippen LogP) is 19.6. The van der Waals surface area contributed by atoms with Gasteiger partial charge in [0.25, 0.3) is 0 Å². The van der Waals surface area contributed by atoms with E-state index in [4.69, 9.17) is 4.42 Å². The zero-order valence-corrected chi connectivity index (χ0v) is 38.7. The Balaban J connectivity index is 1.05. The Bertz CT molecular complexity index is 4240. The van der Waals surface area contributed by atoms with Gasteiger partial charge in [0.1, 0.15) is 5.58 Å². The fourth-order valence-electron chi connectivity index (χ4n) is 11.3. The maximum atomic E-state index is 7.17. The summed E-state index contributed by atoms with van der Waals surface area (Å²) in [5.41, 5.74) is 12.9. The lowest BCUT2D eigenvalue weighted by Crippen LogP contribution is -2.12. The Labute approximate surface area is 411 Å². The second kappa shape index (κ2) is 16.7. The molecule has 3 heteroatoms. The summed E-state index contributed by atoms with van der Waals surface area (Å²) in [4.78, 5) is 4.85. The van der Waals surface area contributed by atoms with Crippen molar-refractivity contribution in [2.45, 2.75) is 0 Å². The molecule has 0 saturated carbocycles. The van der Waals surface area contributed by atoms with Crippen LogP contribution >= 0.6 is 0 Å². The van der Waals surface area contributed by atoms with Crippen LogP contribution in [0.4, 0.5) is 34.1 Å². The minimum absolute atomic E-state index is 0.851. The first kappa shape index (κ1) is 40.6. The number of fused-ring (bicyclic) bond motifs is 10. The molecular weight excluding hydrogens is 861 g/mol. The third kappa shape index (κ3) is 6.59. The van der Waals surface area contributed by atoms with Crippen LogP contribution in [-0.2, 0) is 0 Å². The highest BCUT2D eigenvalue weighted by molar-refractivity contribution is 6.30. The summed E-state index contributed by atoms with van der Waals surface area (Å²) in [5.74, 6) is 0. The first-order valence-electron chi connectivity index (χ1n) is 24.3. The average Bonchev–Trinajstić information content (AvgIpc) is 3.85. The van der Waals surface area contributed by atoms with Crippen LogP contribution in [0.15, 0.2) is 271 Å². The highest BCUT2D eigenvalue weighted by Gasteiger charge is 2.27. The van der Waals surface area contributed by atoms with Crippen molar-refractivity contribution in [1.29, 1.82) is 0 Å². The van der Waals surface area contributed by atoms with Crippen LogP contribution in [0.2, 0.25) is 0 Å². The molecule has 0 unspecified atom stereocenters. The lowest BCUT2D eigenvalue weighted by atomic mass is 9.87. The predicted molar refractivity (Wildman–Crippen MR) is 301 cm³/mol. The maximum absolute atomic E-state index is 7.17. The standard InChI is InChI=1S/C68H44N2O/c1-4-20-45(21-5-1)46-36-39-51(40-37-46)70(62-44-48-23-11-13-29-53(48)66-65-52-28-12-10-22-47(52)38-43-63(65)71-68(62)66)61-42-41-58(54-30-14-15-31-55(54)61)64-56-32-16-18-34-59(56)67(60-35-19-17-33-57(60)64)69(49-24-6-2-7-25-49)50-26-8-3-9-27-50/h1-44H. The number of anilines is 6. The summed E-state index contributed by atoms with van der Waals surface area (Å²) in [7, 11) is 0. The monoisotopic (exact) mass is 904 g/mol. The summed E-state index contributed by atoms with van der Waals surface area (Å²) in [6, 6.07) is 96.6. The number of hydrogen-bond acceptors (Lipinski definition) is 3. The molecule has 0 N–H and O–H groups in total. The quantitative estimate of drug-likeness (QED) is 0.142. The molecule has 1 heterocycles. The highest BCUT2D eigenvalue weighted by Crippen LogP contribution is 2.52. The number of hydrogen-bond donors (Lipinski definition) is 0. The van der Waals surface area contributed by atoms with Crippen LogP contribution < -0.4 is 9.80 Å². The Hall–Kier alpha value is -9.44. The van der Waals surface area contributed by atoms with Crippen LogP contribution in [-0.4, -0.2) is 0 Å². The van der Waals surface area contributed by atoms with Crippen molar-refractivity contribution in [3.63, 3.8) is 0 Å². The highest BCUT2D eigenvalue weighted by atomic mass is 16.3. The molecule has 0 bridgehead atoms. The normalized spacial score (nSPS) is 11.7. The van der Waals surface area contributed by atoms with Gasteiger partial charge in [-0.2, -0.15) is 0 Å². The molecule has 0 atom stereocenters. The lowest BCUT2D eigenvalue weighted by Gasteiger charge is -2.30. The number of furan rings is 1. The van der Waals surface area contributed by atoms with E-state index < -0.39 is 0 Å². The van der Waals surface area contributed by atoms with E-state index in [2.05, 4.69) is 277 Å². The number of benzene rings is 13. The zero-order valence-electron chi connectivity index (χ0n) is 38.7. The smallest absolute Gasteiger partial charge is 0.160 e. The van der Waals surface area contributed by atoms with Gasteiger partial charge in [-0.15, -0.1) is 0 Å². The summed E-state index contributed by atoms with van der Waals surface area (Å²) in [6.07, 6.45) is 0. The fraction of sp³-hybridized carbons (Fsp3) is 0. The van der Waals surface area contributed by atoms with E-state index in [-0.39, 0.29) is 0 Å². The van der Waals surface area contributed by atoms with E-state index in [1.807, 2.05) is 0 Å². The molecule has 0 amide bonds. The number of para-hydroxylation sites is 2. The number of rotatable bonds is 8. The second-order valence-electron chi connectivity index (χ2n) is 18.3. The van der Waals surface area contributed by atoms with E-state index in [1.165, 1.54) is 54.4 Å². The van der Waals surface area contributed by atoms with Crippen molar-refractivity contribution in [1.82, 2.24) is 0 Å². The van der Waals surface area contributed by atoms with E-state index in [1.54, 1.807) is 0 Å². The van der Waals surface area contributed by atoms with Gasteiger partial charge in [-0.25, -0.2) is 0 Å². The third-order valence-electron chi connectivity index (χ3n) is 14.4. The maximum Gasteiger partial charge on any atom is 0.160 e. The Kier molecular flexibility index (Phi) is 9.53. The van der Waals surface area contributed by atoms with Crippen molar-refractivity contribution in [2.75, 3.05) is 9.80 Å². The van der Waals surface area contributed by atoms with Crippen LogP contribution in [0, 0.1) is 0 Å². The summed E-state index contributed by atoms with van der Waals surface area (Å²) < 4.78 is 7.17. The SMILES string of the molecule is c1ccc(-c2ccc(N(c3ccc(-c4c5ccccc5c(N(c5ccccc5)c5ccccc5)c5ccccc45)c4ccccc34)c3cc4ccccc4c4c3oc3ccc5ccccc5c34)cc2)cc1. The zero-order chi connectivity index (χ0) is 46.8. The lowest BCUT2D eigenvalue weighted by molar-refractivity contribution is 0.669. The van der Waals surface area contributed by atoms with Crippen LogP contribution in [0.3, 0.4) is 0 Å². The van der Waals surface area contributed by atoms with Crippen molar-refractivity contribution in [3.8, 4) is 22.3 Å². The van der Waals surface area contributed by atoms with Gasteiger partial charge >= 0.3 is 0 Å². The fourth-order valence-corrected chi connectivity index (χ4v) is 11.3. The largest absolute Gasteiger partial charge is 0.454 e. The van der Waals surface area contributed by atoms with E-state index >= 15 is 0 Å². The molecule has 0 spiro atoms. The summed E-state index contributed by atoms with van der Waals surface area (Å²) >= 11 is 0. The summed E-state index contributed by atoms with van der Waals surface area (Å²) in [5, 5.41) is 14.0. The molecule has 14 rings (SSSR count). The van der Waals surface area contributed by atoms with Crippen molar-refractivity contribution >= 4 is 110 Å². The average molecular weight is 905 g/mol. The first-order valence-corrected chi connectivity index (χ1v) is 24.3. The molecule has 0 aliphatic rings. The molecule has 0 aliphatic carbocycles. The first-order chi connectivity index (χ1) is 35.3. The van der Waals surface area contributed by atoms with Gasteiger partial charge in [0.15, 0.2) is 5.58 Å².